The van der Waals surface area contributed by atoms with Gasteiger partial charge in [0, 0.05) is 22.9 Å². The first-order valence-electron chi connectivity index (χ1n) is 8.68. The van der Waals surface area contributed by atoms with E-state index >= 15 is 0 Å². The number of piperidine rings is 1. The maximum absolute atomic E-state index is 5.89. The van der Waals surface area contributed by atoms with Crippen LogP contribution in [0.25, 0.3) is 0 Å². The predicted octanol–water partition coefficient (Wildman–Crippen LogP) is 0.689. The first kappa shape index (κ1) is 16.4. The maximum Gasteiger partial charge on any atom is 0.104 e. The van der Waals surface area contributed by atoms with Gasteiger partial charge in [0.15, 0.2) is 0 Å². The van der Waals surface area contributed by atoms with Crippen LogP contribution in [-0.2, 0) is 11.3 Å². The lowest BCUT2D eigenvalue weighted by Crippen LogP contribution is -3.22. The molecular formula is C18H29BrN2O+2. The molecule has 0 amide bonds. The molecule has 0 radical (unpaired) electrons. The Morgan fingerprint density at radius 2 is 1.82 bits per heavy atom. The molecule has 0 bridgehead atoms. The highest BCUT2D eigenvalue weighted by Gasteiger charge is 2.34. The van der Waals surface area contributed by atoms with Crippen LogP contribution in [0, 0.1) is 0 Å². The van der Waals surface area contributed by atoms with E-state index in [0.29, 0.717) is 12.2 Å². The fourth-order valence-corrected chi connectivity index (χ4v) is 4.64. The highest BCUT2D eigenvalue weighted by Crippen LogP contribution is 2.11. The highest BCUT2D eigenvalue weighted by atomic mass is 79.9. The molecule has 1 aromatic carbocycles. The molecule has 2 heterocycles. The molecule has 2 saturated heterocycles. The zero-order valence-electron chi connectivity index (χ0n) is 13.8. The van der Waals surface area contributed by atoms with Gasteiger partial charge in [-0.05, 0) is 26.0 Å². The molecule has 2 atom stereocenters. The number of hydrogen-bond donors (Lipinski definition) is 2. The lowest BCUT2D eigenvalue weighted by Gasteiger charge is -2.39. The summed E-state index contributed by atoms with van der Waals surface area (Å²) >= 11 is 3.58. The lowest BCUT2D eigenvalue weighted by atomic mass is 10.0. The summed E-state index contributed by atoms with van der Waals surface area (Å²) in [7, 11) is 0. The Kier molecular flexibility index (Phi) is 5.55. The van der Waals surface area contributed by atoms with Crippen LogP contribution in [0.3, 0.4) is 0 Å². The van der Waals surface area contributed by atoms with Gasteiger partial charge < -0.3 is 14.5 Å². The van der Waals surface area contributed by atoms with Crippen LogP contribution in [0.15, 0.2) is 28.7 Å². The van der Waals surface area contributed by atoms with Crippen LogP contribution in [0.1, 0.15) is 32.3 Å². The van der Waals surface area contributed by atoms with Gasteiger partial charge in [-0.3, -0.25) is 0 Å². The SMILES string of the molecule is C[C@H]1C[NH+](C2CC[NH+](Cc3cccc(Br)c3)CC2)C[C@H](C)O1. The Balaban J connectivity index is 1.50. The van der Waals surface area contributed by atoms with Crippen molar-refractivity contribution in [3.05, 3.63) is 34.3 Å². The van der Waals surface area contributed by atoms with E-state index in [0.717, 1.165) is 12.6 Å². The van der Waals surface area contributed by atoms with Crippen LogP contribution in [-0.4, -0.2) is 44.4 Å². The van der Waals surface area contributed by atoms with Crippen LogP contribution >= 0.6 is 15.9 Å². The minimum Gasteiger partial charge on any atom is -0.364 e. The van der Waals surface area contributed by atoms with Crippen molar-refractivity contribution in [1.82, 2.24) is 0 Å². The molecule has 0 unspecified atom stereocenters. The maximum atomic E-state index is 5.89. The van der Waals surface area contributed by atoms with Gasteiger partial charge in [-0.25, -0.2) is 0 Å². The van der Waals surface area contributed by atoms with E-state index in [4.69, 9.17) is 4.74 Å². The summed E-state index contributed by atoms with van der Waals surface area (Å²) in [5.41, 5.74) is 1.45. The third kappa shape index (κ3) is 4.31. The van der Waals surface area contributed by atoms with E-state index in [-0.39, 0.29) is 0 Å². The molecule has 2 aliphatic heterocycles. The van der Waals surface area contributed by atoms with E-state index < -0.39 is 0 Å². The summed E-state index contributed by atoms with van der Waals surface area (Å²) in [5, 5.41) is 0. The fourth-order valence-electron chi connectivity index (χ4n) is 4.19. The van der Waals surface area contributed by atoms with E-state index in [9.17, 15) is 0 Å². The molecule has 3 rings (SSSR count). The number of halogens is 1. The van der Waals surface area contributed by atoms with E-state index in [1.807, 2.05) is 0 Å². The summed E-state index contributed by atoms with van der Waals surface area (Å²) in [6.45, 7) is 10.6. The van der Waals surface area contributed by atoms with Gasteiger partial charge in [0.2, 0.25) is 0 Å². The number of quaternary nitrogens is 2. The van der Waals surface area contributed by atoms with Crippen LogP contribution in [0.4, 0.5) is 0 Å². The largest absolute Gasteiger partial charge is 0.364 e. The highest BCUT2D eigenvalue weighted by molar-refractivity contribution is 9.10. The minimum atomic E-state index is 0.422. The Morgan fingerprint density at radius 1 is 1.14 bits per heavy atom. The van der Waals surface area contributed by atoms with Gasteiger partial charge in [0.05, 0.1) is 19.1 Å². The van der Waals surface area contributed by atoms with Crippen LogP contribution in [0.5, 0.6) is 0 Å². The van der Waals surface area contributed by atoms with Crippen molar-refractivity contribution in [3.8, 4) is 0 Å². The van der Waals surface area contributed by atoms with Crippen molar-refractivity contribution in [2.75, 3.05) is 26.2 Å². The quantitative estimate of drug-likeness (QED) is 0.803. The van der Waals surface area contributed by atoms with Crippen molar-refractivity contribution >= 4 is 15.9 Å². The monoisotopic (exact) mass is 368 g/mol. The van der Waals surface area contributed by atoms with Gasteiger partial charge in [-0.15, -0.1) is 0 Å². The minimum absolute atomic E-state index is 0.422. The van der Waals surface area contributed by atoms with Crippen molar-refractivity contribution in [2.45, 2.75) is 51.5 Å². The Morgan fingerprint density at radius 3 is 2.45 bits per heavy atom. The smallest absolute Gasteiger partial charge is 0.104 e. The second-order valence-electron chi connectivity index (χ2n) is 7.15. The molecule has 122 valence electrons. The molecule has 3 nitrogen and oxygen atoms in total. The third-order valence-corrected chi connectivity index (χ3v) is 5.67. The third-order valence-electron chi connectivity index (χ3n) is 5.18. The fraction of sp³-hybridized carbons (Fsp3) is 0.667. The van der Waals surface area contributed by atoms with E-state index in [2.05, 4.69) is 54.0 Å². The number of ether oxygens (including phenoxy) is 1. The molecule has 2 N–H and O–H groups in total. The van der Waals surface area contributed by atoms with Crippen LogP contribution in [0.2, 0.25) is 0 Å². The zero-order chi connectivity index (χ0) is 15.5. The zero-order valence-corrected chi connectivity index (χ0v) is 15.4. The van der Waals surface area contributed by atoms with Gasteiger partial charge >= 0.3 is 0 Å². The summed E-state index contributed by atoms with van der Waals surface area (Å²) in [6, 6.07) is 9.61. The summed E-state index contributed by atoms with van der Waals surface area (Å²) < 4.78 is 7.08. The summed E-state index contributed by atoms with van der Waals surface area (Å²) in [6.07, 6.45) is 3.56. The van der Waals surface area contributed by atoms with Gasteiger partial charge in [0.1, 0.15) is 31.8 Å². The van der Waals surface area contributed by atoms with Crippen molar-refractivity contribution in [1.29, 1.82) is 0 Å². The lowest BCUT2D eigenvalue weighted by molar-refractivity contribution is -0.970. The summed E-state index contributed by atoms with van der Waals surface area (Å²) in [4.78, 5) is 3.52. The van der Waals surface area contributed by atoms with Gasteiger partial charge in [0.25, 0.3) is 0 Å². The molecule has 2 fully saturated rings. The molecular weight excluding hydrogens is 340 g/mol. The number of nitrogens with one attached hydrogen (secondary N) is 2. The average Bonchev–Trinajstić information content (AvgIpc) is 2.47. The first-order valence-corrected chi connectivity index (χ1v) is 9.47. The number of morpholine rings is 1. The van der Waals surface area contributed by atoms with Crippen LogP contribution < -0.4 is 9.80 Å². The number of rotatable bonds is 3. The Bertz CT molecular complexity index is 478. The normalized spacial score (nSPS) is 36.2. The van der Waals surface area contributed by atoms with E-state index in [1.54, 1.807) is 9.80 Å². The molecule has 0 saturated carbocycles. The molecule has 0 aliphatic carbocycles. The predicted molar refractivity (Wildman–Crippen MR) is 92.3 cm³/mol. The van der Waals surface area contributed by atoms with Gasteiger partial charge in [-0.1, -0.05) is 28.1 Å². The van der Waals surface area contributed by atoms with Crippen molar-refractivity contribution in [2.24, 2.45) is 0 Å². The van der Waals surface area contributed by atoms with Crippen molar-refractivity contribution < 1.29 is 14.5 Å². The van der Waals surface area contributed by atoms with E-state index in [1.165, 1.54) is 49.1 Å². The topological polar surface area (TPSA) is 18.1 Å². The second-order valence-corrected chi connectivity index (χ2v) is 8.07. The molecule has 0 spiro atoms. The second kappa shape index (κ2) is 7.43. The molecule has 0 aromatic heterocycles. The summed E-state index contributed by atoms with van der Waals surface area (Å²) in [5.74, 6) is 0. The standard InChI is InChI=1S/C18H27BrN2O/c1-14-11-21(12-15(2)22-14)18-6-8-20(9-7-18)13-16-4-3-5-17(19)10-16/h3-5,10,14-15,18H,6-9,11-13H2,1-2H3/p+2/t14-,15-/m0/s1. The molecule has 4 heteroatoms. The Hall–Kier alpha value is -0.420. The molecule has 22 heavy (non-hydrogen) atoms. The number of benzene rings is 1. The van der Waals surface area contributed by atoms with Crippen molar-refractivity contribution in [3.63, 3.8) is 0 Å². The van der Waals surface area contributed by atoms with Gasteiger partial charge in [-0.2, -0.15) is 0 Å². The average molecular weight is 369 g/mol. The molecule has 1 aromatic rings. The first-order chi connectivity index (χ1) is 10.6. The number of likely N-dealkylation sites (tertiary alicyclic amines) is 1. The Labute approximate surface area is 142 Å². The molecule has 2 aliphatic rings. The number of hydrogen-bond acceptors (Lipinski definition) is 1.